The van der Waals surface area contributed by atoms with E-state index in [1.165, 1.54) is 17.8 Å². The van der Waals surface area contributed by atoms with Crippen molar-refractivity contribution in [2.45, 2.75) is 26.7 Å². The van der Waals surface area contributed by atoms with Gasteiger partial charge in [-0.2, -0.15) is 0 Å². The summed E-state index contributed by atoms with van der Waals surface area (Å²) in [5.41, 5.74) is 3.44. The molecule has 0 aromatic heterocycles. The molecule has 0 radical (unpaired) electrons. The summed E-state index contributed by atoms with van der Waals surface area (Å²) in [4.78, 5) is 2.42. The zero-order valence-corrected chi connectivity index (χ0v) is 13.4. The molecule has 22 heavy (non-hydrogen) atoms. The van der Waals surface area contributed by atoms with Crippen LogP contribution in [0.4, 0.5) is 10.1 Å². The summed E-state index contributed by atoms with van der Waals surface area (Å²) in [6, 6.07) is 15.1. The van der Waals surface area contributed by atoms with E-state index in [0.29, 0.717) is 0 Å². The maximum absolute atomic E-state index is 12.9. The van der Waals surface area contributed by atoms with E-state index in [-0.39, 0.29) is 5.82 Å². The first-order valence-electron chi connectivity index (χ1n) is 8.01. The van der Waals surface area contributed by atoms with E-state index in [1.807, 2.05) is 6.08 Å². The summed E-state index contributed by atoms with van der Waals surface area (Å²) >= 11 is 0. The molecule has 2 aromatic rings. The van der Waals surface area contributed by atoms with Crippen LogP contribution in [-0.2, 0) is 0 Å². The molecular formula is C20H24FN. The van der Waals surface area contributed by atoms with Crippen LogP contribution in [0.15, 0.2) is 48.5 Å². The van der Waals surface area contributed by atoms with Crippen LogP contribution in [-0.4, -0.2) is 13.1 Å². The van der Waals surface area contributed by atoms with Crippen LogP contribution in [0.2, 0.25) is 0 Å². The van der Waals surface area contributed by atoms with Gasteiger partial charge in [-0.15, -0.1) is 0 Å². The Labute approximate surface area is 133 Å². The Morgan fingerprint density at radius 3 is 1.68 bits per heavy atom. The van der Waals surface area contributed by atoms with Gasteiger partial charge in [0.25, 0.3) is 0 Å². The first-order chi connectivity index (χ1) is 10.7. The van der Waals surface area contributed by atoms with Gasteiger partial charge in [0.15, 0.2) is 0 Å². The van der Waals surface area contributed by atoms with E-state index in [9.17, 15) is 4.39 Å². The number of benzene rings is 2. The van der Waals surface area contributed by atoms with Gasteiger partial charge in [-0.05, 0) is 48.2 Å². The number of hydrogen-bond donors (Lipinski definition) is 0. The van der Waals surface area contributed by atoms with Gasteiger partial charge in [-0.25, -0.2) is 4.39 Å². The van der Waals surface area contributed by atoms with Crippen LogP contribution in [0.25, 0.3) is 12.2 Å². The van der Waals surface area contributed by atoms with Crippen molar-refractivity contribution in [3.63, 3.8) is 0 Å². The first kappa shape index (κ1) is 16.3. The van der Waals surface area contributed by atoms with Crippen molar-refractivity contribution < 1.29 is 4.39 Å². The van der Waals surface area contributed by atoms with Gasteiger partial charge in [-0.3, -0.25) is 0 Å². The molecule has 0 N–H and O–H groups in total. The number of halogens is 1. The number of anilines is 1. The second-order valence-corrected chi connectivity index (χ2v) is 5.46. The van der Waals surface area contributed by atoms with Crippen molar-refractivity contribution in [2.75, 3.05) is 18.0 Å². The lowest BCUT2D eigenvalue weighted by Crippen LogP contribution is -2.24. The summed E-state index contributed by atoms with van der Waals surface area (Å²) in [5, 5.41) is 0. The minimum absolute atomic E-state index is 0.201. The monoisotopic (exact) mass is 297 g/mol. The lowest BCUT2D eigenvalue weighted by Gasteiger charge is -2.23. The topological polar surface area (TPSA) is 3.24 Å². The molecule has 0 heterocycles. The third-order valence-electron chi connectivity index (χ3n) is 3.58. The highest BCUT2D eigenvalue weighted by Crippen LogP contribution is 2.17. The predicted molar refractivity (Wildman–Crippen MR) is 94.6 cm³/mol. The van der Waals surface area contributed by atoms with E-state index >= 15 is 0 Å². The van der Waals surface area contributed by atoms with Gasteiger partial charge >= 0.3 is 0 Å². The summed E-state index contributed by atoms with van der Waals surface area (Å²) in [6.07, 6.45) is 6.38. The molecule has 0 saturated carbocycles. The van der Waals surface area contributed by atoms with Gasteiger partial charge in [0.05, 0.1) is 0 Å². The standard InChI is InChI=1S/C20H24FN/c1-3-15-22(16-4-2)20-13-9-18(10-14-20)6-5-17-7-11-19(21)12-8-17/h5-14H,3-4,15-16H2,1-2H3. The molecule has 0 aliphatic heterocycles. The molecule has 0 aliphatic rings. The van der Waals surface area contributed by atoms with Crippen molar-refractivity contribution in [1.82, 2.24) is 0 Å². The molecule has 0 spiro atoms. The largest absolute Gasteiger partial charge is 0.372 e. The highest BCUT2D eigenvalue weighted by atomic mass is 19.1. The van der Waals surface area contributed by atoms with E-state index in [1.54, 1.807) is 12.1 Å². The van der Waals surface area contributed by atoms with Gasteiger partial charge < -0.3 is 4.90 Å². The average Bonchev–Trinajstić information content (AvgIpc) is 2.55. The molecular weight excluding hydrogens is 273 g/mol. The molecule has 2 heteroatoms. The third kappa shape index (κ3) is 4.73. The molecule has 2 rings (SSSR count). The van der Waals surface area contributed by atoms with E-state index in [4.69, 9.17) is 0 Å². The maximum Gasteiger partial charge on any atom is 0.123 e. The molecule has 0 atom stereocenters. The summed E-state index contributed by atoms with van der Waals surface area (Å²) in [6.45, 7) is 6.61. The molecule has 116 valence electrons. The molecule has 2 aromatic carbocycles. The highest BCUT2D eigenvalue weighted by molar-refractivity contribution is 5.70. The van der Waals surface area contributed by atoms with Crippen LogP contribution in [0.3, 0.4) is 0 Å². The summed E-state index contributed by atoms with van der Waals surface area (Å²) in [7, 11) is 0. The van der Waals surface area contributed by atoms with Crippen LogP contribution in [0.5, 0.6) is 0 Å². The maximum atomic E-state index is 12.9. The van der Waals surface area contributed by atoms with Crippen molar-refractivity contribution in [2.24, 2.45) is 0 Å². The second-order valence-electron chi connectivity index (χ2n) is 5.46. The van der Waals surface area contributed by atoms with Crippen LogP contribution in [0.1, 0.15) is 37.8 Å². The molecule has 0 amide bonds. The van der Waals surface area contributed by atoms with E-state index < -0.39 is 0 Å². The average molecular weight is 297 g/mol. The van der Waals surface area contributed by atoms with E-state index in [2.05, 4.69) is 49.1 Å². The van der Waals surface area contributed by atoms with Crippen molar-refractivity contribution in [1.29, 1.82) is 0 Å². The number of hydrogen-bond acceptors (Lipinski definition) is 1. The second kappa shape index (κ2) is 8.38. The lowest BCUT2D eigenvalue weighted by molar-refractivity contribution is 0.628. The first-order valence-corrected chi connectivity index (χ1v) is 8.01. The van der Waals surface area contributed by atoms with Gasteiger partial charge in [0, 0.05) is 18.8 Å². The van der Waals surface area contributed by atoms with Gasteiger partial charge in [0.1, 0.15) is 5.82 Å². The zero-order valence-electron chi connectivity index (χ0n) is 13.4. The molecule has 0 aliphatic carbocycles. The number of nitrogens with zero attached hydrogens (tertiary/aromatic N) is 1. The Hall–Kier alpha value is -2.09. The molecule has 1 nitrogen and oxygen atoms in total. The fourth-order valence-corrected chi connectivity index (χ4v) is 2.47. The molecule has 0 fully saturated rings. The molecule has 0 bridgehead atoms. The van der Waals surface area contributed by atoms with Crippen LogP contribution < -0.4 is 4.90 Å². The Bertz CT molecular complexity index is 578. The summed E-state index contributed by atoms with van der Waals surface area (Å²) in [5.74, 6) is -0.201. The smallest absolute Gasteiger partial charge is 0.123 e. The van der Waals surface area contributed by atoms with Gasteiger partial charge in [0.2, 0.25) is 0 Å². The van der Waals surface area contributed by atoms with Crippen LogP contribution in [0, 0.1) is 5.82 Å². The Morgan fingerprint density at radius 1 is 0.773 bits per heavy atom. The zero-order chi connectivity index (χ0) is 15.8. The quantitative estimate of drug-likeness (QED) is 0.599. The fourth-order valence-electron chi connectivity index (χ4n) is 2.47. The highest BCUT2D eigenvalue weighted by Gasteiger charge is 2.03. The minimum atomic E-state index is -0.201. The fraction of sp³-hybridized carbons (Fsp3) is 0.300. The molecule has 0 saturated heterocycles. The Morgan fingerprint density at radius 2 is 1.23 bits per heavy atom. The Kier molecular flexibility index (Phi) is 6.20. The summed E-state index contributed by atoms with van der Waals surface area (Å²) < 4.78 is 12.9. The SMILES string of the molecule is CCCN(CCC)c1ccc(C=Cc2ccc(F)cc2)cc1. The number of rotatable bonds is 7. The van der Waals surface area contributed by atoms with Crippen molar-refractivity contribution >= 4 is 17.8 Å². The lowest BCUT2D eigenvalue weighted by atomic mass is 10.1. The third-order valence-corrected chi connectivity index (χ3v) is 3.58. The predicted octanol–water partition coefficient (Wildman–Crippen LogP) is 5.62. The Balaban J connectivity index is 2.06. The normalized spacial score (nSPS) is 11.0. The van der Waals surface area contributed by atoms with E-state index in [0.717, 1.165) is 37.1 Å². The minimum Gasteiger partial charge on any atom is -0.372 e. The molecule has 0 unspecified atom stereocenters. The van der Waals surface area contributed by atoms with Gasteiger partial charge in [-0.1, -0.05) is 50.3 Å². The van der Waals surface area contributed by atoms with Crippen LogP contribution >= 0.6 is 0 Å². The van der Waals surface area contributed by atoms with Crippen molar-refractivity contribution in [3.8, 4) is 0 Å². The van der Waals surface area contributed by atoms with Crippen molar-refractivity contribution in [3.05, 3.63) is 65.5 Å².